The predicted molar refractivity (Wildman–Crippen MR) is 72.9 cm³/mol. The largest absolute Gasteiger partial charge is 0.494 e. The number of hydrogen-bond donors (Lipinski definition) is 0. The first-order chi connectivity index (χ1) is 9.08. The van der Waals surface area contributed by atoms with Crippen LogP contribution in [0.25, 0.3) is 0 Å². The van der Waals surface area contributed by atoms with Crippen LogP contribution >= 0.6 is 23.2 Å². The number of likely N-dealkylation sites (N-methyl/N-ethyl adjacent to an activating group) is 1. The lowest BCUT2D eigenvalue weighted by atomic mass is 10.2. The highest BCUT2D eigenvalue weighted by atomic mass is 35.5. The van der Waals surface area contributed by atoms with Crippen molar-refractivity contribution in [3.05, 3.63) is 45.8 Å². The molecule has 0 saturated carbocycles. The Morgan fingerprint density at radius 1 is 1.32 bits per heavy atom. The van der Waals surface area contributed by atoms with Gasteiger partial charge in [0.2, 0.25) is 5.76 Å². The van der Waals surface area contributed by atoms with E-state index in [0.717, 1.165) is 5.56 Å². The highest BCUT2D eigenvalue weighted by molar-refractivity contribution is 6.42. The van der Waals surface area contributed by atoms with Gasteiger partial charge in [0.1, 0.15) is 19.5 Å². The molecule has 0 bridgehead atoms. The van der Waals surface area contributed by atoms with Gasteiger partial charge >= 0.3 is 0 Å². The summed E-state index contributed by atoms with van der Waals surface area (Å²) in [6, 6.07) is 5.27. The number of ether oxygens (including phenoxy) is 2. The fraction of sp³-hybridized carbons (Fsp3) is 0.308. The highest BCUT2D eigenvalue weighted by Gasteiger charge is 2.19. The zero-order valence-corrected chi connectivity index (χ0v) is 11.9. The highest BCUT2D eigenvalue weighted by Crippen LogP contribution is 2.23. The summed E-state index contributed by atoms with van der Waals surface area (Å²) in [5.74, 6) is -0.0143. The van der Waals surface area contributed by atoms with Crippen molar-refractivity contribution in [2.45, 2.75) is 6.54 Å². The molecule has 1 aromatic carbocycles. The van der Waals surface area contributed by atoms with Crippen LogP contribution in [0.15, 0.2) is 30.2 Å². The second-order valence-corrected chi connectivity index (χ2v) is 4.93. The average molecular weight is 302 g/mol. The zero-order chi connectivity index (χ0) is 13.8. The van der Waals surface area contributed by atoms with Gasteiger partial charge in [-0.15, -0.1) is 0 Å². The summed E-state index contributed by atoms with van der Waals surface area (Å²) in [7, 11) is 1.68. The van der Waals surface area contributed by atoms with Gasteiger partial charge in [0, 0.05) is 13.6 Å². The summed E-state index contributed by atoms with van der Waals surface area (Å²) in [5, 5.41) is 0.961. The van der Waals surface area contributed by atoms with E-state index in [2.05, 4.69) is 0 Å². The standard InChI is InChI=1S/C13H13Cl2NO3/c1-16(13(17)12-8-18-4-5-19-12)7-9-2-3-10(14)11(15)6-9/h2-3,6,8H,4-5,7H2,1H3. The molecule has 0 atom stereocenters. The molecule has 0 unspecified atom stereocenters. The van der Waals surface area contributed by atoms with Crippen molar-refractivity contribution >= 4 is 29.1 Å². The third kappa shape index (κ3) is 3.55. The normalized spacial score (nSPS) is 14.2. The van der Waals surface area contributed by atoms with E-state index < -0.39 is 0 Å². The van der Waals surface area contributed by atoms with Crippen LogP contribution in [0.3, 0.4) is 0 Å². The third-order valence-electron chi connectivity index (χ3n) is 2.61. The second kappa shape index (κ2) is 6.17. The lowest BCUT2D eigenvalue weighted by Gasteiger charge is -2.21. The Balaban J connectivity index is 2.03. The van der Waals surface area contributed by atoms with E-state index in [9.17, 15) is 4.79 Å². The Morgan fingerprint density at radius 2 is 2.11 bits per heavy atom. The van der Waals surface area contributed by atoms with Gasteiger partial charge in [-0.25, -0.2) is 0 Å². The van der Waals surface area contributed by atoms with E-state index in [1.54, 1.807) is 19.2 Å². The van der Waals surface area contributed by atoms with Crippen LogP contribution < -0.4 is 0 Å². The molecule has 2 rings (SSSR count). The molecule has 6 heteroatoms. The molecule has 0 radical (unpaired) electrons. The van der Waals surface area contributed by atoms with E-state index >= 15 is 0 Å². The lowest BCUT2D eigenvalue weighted by Crippen LogP contribution is -2.30. The van der Waals surface area contributed by atoms with Crippen molar-refractivity contribution in [1.29, 1.82) is 0 Å². The first-order valence-electron chi connectivity index (χ1n) is 5.72. The molecular weight excluding hydrogens is 289 g/mol. The maximum atomic E-state index is 12.0. The van der Waals surface area contributed by atoms with Gasteiger partial charge in [-0.1, -0.05) is 29.3 Å². The molecular formula is C13H13Cl2NO3. The maximum Gasteiger partial charge on any atom is 0.292 e. The Bertz CT molecular complexity index is 517. The van der Waals surface area contributed by atoms with E-state index in [0.29, 0.717) is 29.8 Å². The monoisotopic (exact) mass is 301 g/mol. The molecule has 1 aliphatic rings. The summed E-state index contributed by atoms with van der Waals surface area (Å²) >= 11 is 11.8. The molecule has 1 aliphatic heterocycles. The van der Waals surface area contributed by atoms with Gasteiger partial charge < -0.3 is 14.4 Å². The van der Waals surface area contributed by atoms with Gasteiger partial charge in [0.05, 0.1) is 10.0 Å². The number of carbonyl (C=O) groups is 1. The summed E-state index contributed by atoms with van der Waals surface area (Å²) in [6.45, 7) is 1.27. The van der Waals surface area contributed by atoms with Gasteiger partial charge in [-0.05, 0) is 17.7 Å². The van der Waals surface area contributed by atoms with Gasteiger partial charge in [-0.3, -0.25) is 4.79 Å². The molecule has 1 aromatic rings. The van der Waals surface area contributed by atoms with Gasteiger partial charge in [-0.2, -0.15) is 0 Å². The molecule has 0 N–H and O–H groups in total. The Labute approximate surface area is 121 Å². The van der Waals surface area contributed by atoms with Crippen molar-refractivity contribution < 1.29 is 14.3 Å². The van der Waals surface area contributed by atoms with Crippen LogP contribution in [0, 0.1) is 0 Å². The topological polar surface area (TPSA) is 38.8 Å². The molecule has 0 aliphatic carbocycles. The minimum atomic E-state index is -0.231. The Kier molecular flexibility index (Phi) is 4.56. The minimum Gasteiger partial charge on any atom is -0.494 e. The van der Waals surface area contributed by atoms with Crippen LogP contribution in [0.5, 0.6) is 0 Å². The average Bonchev–Trinajstić information content (AvgIpc) is 2.43. The molecule has 0 fully saturated rings. The van der Waals surface area contributed by atoms with Crippen LogP contribution in [0.2, 0.25) is 10.0 Å². The molecule has 4 nitrogen and oxygen atoms in total. The van der Waals surface area contributed by atoms with Crippen molar-refractivity contribution in [3.8, 4) is 0 Å². The first-order valence-corrected chi connectivity index (χ1v) is 6.47. The molecule has 0 aromatic heterocycles. The van der Waals surface area contributed by atoms with Gasteiger partial charge in [0.15, 0.2) is 0 Å². The summed E-state index contributed by atoms with van der Waals surface area (Å²) in [5.41, 5.74) is 0.891. The number of benzene rings is 1. The van der Waals surface area contributed by atoms with E-state index in [1.165, 1.54) is 11.2 Å². The number of carbonyl (C=O) groups excluding carboxylic acids is 1. The molecule has 1 heterocycles. The number of halogens is 2. The smallest absolute Gasteiger partial charge is 0.292 e. The number of rotatable bonds is 3. The van der Waals surface area contributed by atoms with Crippen molar-refractivity contribution in [3.63, 3.8) is 0 Å². The molecule has 19 heavy (non-hydrogen) atoms. The third-order valence-corrected chi connectivity index (χ3v) is 3.35. The lowest BCUT2D eigenvalue weighted by molar-refractivity contribution is -0.131. The maximum absolute atomic E-state index is 12.0. The molecule has 0 spiro atoms. The summed E-state index contributed by atoms with van der Waals surface area (Å²) in [4.78, 5) is 13.6. The SMILES string of the molecule is CN(Cc1ccc(Cl)c(Cl)c1)C(=O)C1=COCCO1. The molecule has 102 valence electrons. The number of hydrogen-bond acceptors (Lipinski definition) is 3. The molecule has 1 amide bonds. The Hall–Kier alpha value is -1.39. The summed E-state index contributed by atoms with van der Waals surface area (Å²) < 4.78 is 10.3. The van der Waals surface area contributed by atoms with Crippen molar-refractivity contribution in [1.82, 2.24) is 4.90 Å². The predicted octanol–water partition coefficient (Wildman–Crippen LogP) is 2.84. The minimum absolute atomic E-state index is 0.216. The van der Waals surface area contributed by atoms with Gasteiger partial charge in [0.25, 0.3) is 5.91 Å². The first kappa shape index (κ1) is 14.0. The van der Waals surface area contributed by atoms with Crippen molar-refractivity contribution in [2.75, 3.05) is 20.3 Å². The van der Waals surface area contributed by atoms with E-state index in [4.69, 9.17) is 32.7 Å². The van der Waals surface area contributed by atoms with Crippen molar-refractivity contribution in [2.24, 2.45) is 0 Å². The summed E-state index contributed by atoms with van der Waals surface area (Å²) in [6.07, 6.45) is 1.34. The van der Waals surface area contributed by atoms with E-state index in [1.807, 2.05) is 6.07 Å². The van der Waals surface area contributed by atoms with Crippen LogP contribution in [-0.2, 0) is 20.8 Å². The number of nitrogens with zero attached hydrogens (tertiary/aromatic N) is 1. The van der Waals surface area contributed by atoms with E-state index in [-0.39, 0.29) is 11.7 Å². The fourth-order valence-electron chi connectivity index (χ4n) is 1.65. The van der Waals surface area contributed by atoms with Crippen LogP contribution in [-0.4, -0.2) is 31.1 Å². The van der Waals surface area contributed by atoms with Crippen LogP contribution in [0.1, 0.15) is 5.56 Å². The van der Waals surface area contributed by atoms with Crippen LogP contribution in [0.4, 0.5) is 0 Å². The quantitative estimate of drug-likeness (QED) is 0.862. The second-order valence-electron chi connectivity index (χ2n) is 4.11. The zero-order valence-electron chi connectivity index (χ0n) is 10.4. The number of amides is 1. The Morgan fingerprint density at radius 3 is 2.74 bits per heavy atom. The molecule has 0 saturated heterocycles. The fourth-order valence-corrected chi connectivity index (χ4v) is 1.97.